The molecule has 4 rings (SSSR count). The Hall–Kier alpha value is -1.62. The number of fused-ring (bicyclic) bond motifs is 1. The number of hydrogen-bond acceptors (Lipinski definition) is 3. The van der Waals surface area contributed by atoms with Gasteiger partial charge in [-0.1, -0.05) is 6.07 Å². The zero-order chi connectivity index (χ0) is 16.5. The lowest BCUT2D eigenvalue weighted by Crippen LogP contribution is -2.39. The number of amides is 1. The number of halogens is 1. The van der Waals surface area contributed by atoms with Gasteiger partial charge in [0.15, 0.2) is 0 Å². The second-order valence-corrected chi connectivity index (χ2v) is 7.40. The molecule has 0 spiro atoms. The minimum Gasteiger partial charge on any atom is -0.490 e. The normalized spacial score (nSPS) is 29.9. The largest absolute Gasteiger partial charge is 0.490 e. The molecule has 130 valence electrons. The molecule has 0 radical (unpaired) electrons. The van der Waals surface area contributed by atoms with Crippen molar-refractivity contribution in [1.82, 2.24) is 9.80 Å². The average molecular weight is 332 g/mol. The number of rotatable bonds is 4. The summed E-state index contributed by atoms with van der Waals surface area (Å²) in [5.74, 6) is 1.51. The highest BCUT2D eigenvalue weighted by atomic mass is 19.1. The third-order valence-corrected chi connectivity index (χ3v) is 5.78. The zero-order valence-electron chi connectivity index (χ0n) is 14.0. The lowest BCUT2D eigenvalue weighted by Gasteiger charge is -2.23. The van der Waals surface area contributed by atoms with E-state index in [1.165, 1.54) is 25.0 Å². The summed E-state index contributed by atoms with van der Waals surface area (Å²) < 4.78 is 19.4. The number of hydrogen-bond donors (Lipinski definition) is 0. The van der Waals surface area contributed by atoms with E-state index in [9.17, 15) is 9.18 Å². The molecule has 1 aliphatic carbocycles. The van der Waals surface area contributed by atoms with Crippen LogP contribution in [0.5, 0.6) is 5.75 Å². The Kier molecular flexibility index (Phi) is 4.44. The van der Waals surface area contributed by atoms with Gasteiger partial charge in [-0.2, -0.15) is 0 Å². The Bertz CT molecular complexity index is 603. The van der Waals surface area contributed by atoms with Crippen molar-refractivity contribution in [2.75, 3.05) is 32.7 Å². The summed E-state index contributed by atoms with van der Waals surface area (Å²) >= 11 is 0. The van der Waals surface area contributed by atoms with E-state index in [-0.39, 0.29) is 17.8 Å². The number of nitrogens with zero attached hydrogens (tertiary/aromatic N) is 2. The Morgan fingerprint density at radius 2 is 2.04 bits per heavy atom. The molecular weight excluding hydrogens is 307 g/mol. The summed E-state index contributed by atoms with van der Waals surface area (Å²) in [5, 5.41) is 0. The second-order valence-electron chi connectivity index (χ2n) is 7.40. The molecule has 0 aromatic heterocycles. The summed E-state index contributed by atoms with van der Waals surface area (Å²) in [6.07, 6.45) is 4.61. The van der Waals surface area contributed by atoms with E-state index < -0.39 is 0 Å². The van der Waals surface area contributed by atoms with Crippen molar-refractivity contribution < 1.29 is 13.9 Å². The van der Waals surface area contributed by atoms with Crippen LogP contribution in [0.25, 0.3) is 0 Å². The highest BCUT2D eigenvalue weighted by Crippen LogP contribution is 2.40. The van der Waals surface area contributed by atoms with Crippen LogP contribution in [-0.2, 0) is 4.79 Å². The highest BCUT2D eigenvalue weighted by molar-refractivity contribution is 5.78. The molecular formula is C19H25FN2O2. The van der Waals surface area contributed by atoms with E-state index in [2.05, 4.69) is 4.90 Å². The third kappa shape index (κ3) is 3.27. The number of likely N-dealkylation sites (tertiary alicyclic amines) is 2. The molecule has 4 nitrogen and oxygen atoms in total. The van der Waals surface area contributed by atoms with Crippen molar-refractivity contribution in [3.63, 3.8) is 0 Å². The summed E-state index contributed by atoms with van der Waals surface area (Å²) in [6, 6.07) is 6.36. The van der Waals surface area contributed by atoms with E-state index in [0.717, 1.165) is 39.0 Å². The van der Waals surface area contributed by atoms with Gasteiger partial charge < -0.3 is 9.64 Å². The molecule has 0 N–H and O–H groups in total. The summed E-state index contributed by atoms with van der Waals surface area (Å²) in [6.45, 7) is 4.32. The molecule has 0 unspecified atom stereocenters. The van der Waals surface area contributed by atoms with Crippen molar-refractivity contribution >= 4 is 5.91 Å². The van der Waals surface area contributed by atoms with Gasteiger partial charge in [-0.15, -0.1) is 0 Å². The van der Waals surface area contributed by atoms with Gasteiger partial charge >= 0.3 is 0 Å². The van der Waals surface area contributed by atoms with Crippen LogP contribution in [-0.4, -0.2) is 54.5 Å². The molecule has 2 saturated heterocycles. The molecule has 3 atom stereocenters. The topological polar surface area (TPSA) is 32.8 Å². The second kappa shape index (κ2) is 6.71. The van der Waals surface area contributed by atoms with Gasteiger partial charge in [0.25, 0.3) is 0 Å². The van der Waals surface area contributed by atoms with Crippen LogP contribution in [0.3, 0.4) is 0 Å². The third-order valence-electron chi connectivity index (χ3n) is 5.78. The number of benzene rings is 1. The van der Waals surface area contributed by atoms with Gasteiger partial charge in [-0.05, 0) is 56.8 Å². The predicted molar refractivity (Wildman–Crippen MR) is 89.3 cm³/mol. The van der Waals surface area contributed by atoms with Crippen LogP contribution >= 0.6 is 0 Å². The highest BCUT2D eigenvalue weighted by Gasteiger charge is 2.45. The van der Waals surface area contributed by atoms with Gasteiger partial charge in [-0.3, -0.25) is 9.69 Å². The summed E-state index contributed by atoms with van der Waals surface area (Å²) in [4.78, 5) is 16.8. The van der Waals surface area contributed by atoms with Crippen LogP contribution < -0.4 is 4.74 Å². The Labute approximate surface area is 142 Å². The van der Waals surface area contributed by atoms with E-state index >= 15 is 0 Å². The van der Waals surface area contributed by atoms with Crippen LogP contribution in [0.1, 0.15) is 25.7 Å². The van der Waals surface area contributed by atoms with Gasteiger partial charge in [0, 0.05) is 25.1 Å². The monoisotopic (exact) mass is 332 g/mol. The van der Waals surface area contributed by atoms with Gasteiger partial charge in [0.2, 0.25) is 5.91 Å². The smallest absolute Gasteiger partial charge is 0.236 e. The van der Waals surface area contributed by atoms with Crippen LogP contribution in [0.4, 0.5) is 4.39 Å². The standard InChI is InChI=1S/C19H25FN2O2/c20-15-4-3-5-16(10-15)24-18-7-6-14-11-22(12-17(14)18)19(23)13-21-8-1-2-9-21/h3-5,10,14,17-18H,1-2,6-9,11-13H2/t14-,17+,18-/m0/s1. The molecule has 5 heteroatoms. The SMILES string of the molecule is O=C(CN1CCCC1)N1C[C@@H]2CC[C@H](Oc3cccc(F)c3)[C@@H]2C1. The molecule has 1 amide bonds. The van der Waals surface area contributed by atoms with Crippen molar-refractivity contribution in [3.05, 3.63) is 30.1 Å². The fourth-order valence-electron chi connectivity index (χ4n) is 4.51. The first-order valence-electron chi connectivity index (χ1n) is 9.11. The van der Waals surface area contributed by atoms with E-state index in [4.69, 9.17) is 4.74 Å². The molecule has 0 bridgehead atoms. The molecule has 2 aliphatic heterocycles. The lowest BCUT2D eigenvalue weighted by atomic mass is 9.99. The van der Waals surface area contributed by atoms with Gasteiger partial charge in [0.05, 0.1) is 6.54 Å². The Morgan fingerprint density at radius 1 is 1.21 bits per heavy atom. The van der Waals surface area contributed by atoms with Crippen molar-refractivity contribution in [1.29, 1.82) is 0 Å². The van der Waals surface area contributed by atoms with Crippen LogP contribution in [0.2, 0.25) is 0 Å². The van der Waals surface area contributed by atoms with E-state index in [1.807, 2.05) is 11.0 Å². The minimum absolute atomic E-state index is 0.0985. The quantitative estimate of drug-likeness (QED) is 0.849. The molecule has 3 fully saturated rings. The molecule has 24 heavy (non-hydrogen) atoms. The van der Waals surface area contributed by atoms with Crippen LogP contribution in [0, 0.1) is 17.7 Å². The fourth-order valence-corrected chi connectivity index (χ4v) is 4.51. The first-order valence-corrected chi connectivity index (χ1v) is 9.11. The van der Waals surface area contributed by atoms with Crippen molar-refractivity contribution in [2.24, 2.45) is 11.8 Å². The van der Waals surface area contributed by atoms with Crippen LogP contribution in [0.15, 0.2) is 24.3 Å². The minimum atomic E-state index is -0.268. The Balaban J connectivity index is 1.35. The zero-order valence-corrected chi connectivity index (χ0v) is 14.0. The maximum atomic E-state index is 13.3. The number of ether oxygens (including phenoxy) is 1. The van der Waals surface area contributed by atoms with Gasteiger partial charge in [-0.25, -0.2) is 4.39 Å². The van der Waals surface area contributed by atoms with Gasteiger partial charge in [0.1, 0.15) is 17.7 Å². The number of carbonyl (C=O) groups is 1. The molecule has 1 aromatic rings. The first kappa shape index (κ1) is 15.9. The predicted octanol–water partition coefficient (Wildman–Crippen LogP) is 2.54. The van der Waals surface area contributed by atoms with Crippen molar-refractivity contribution in [2.45, 2.75) is 31.8 Å². The lowest BCUT2D eigenvalue weighted by molar-refractivity contribution is -0.131. The maximum absolute atomic E-state index is 13.3. The summed E-state index contributed by atoms with van der Waals surface area (Å²) in [5.41, 5.74) is 0. The molecule has 1 saturated carbocycles. The van der Waals surface area contributed by atoms with Crippen molar-refractivity contribution in [3.8, 4) is 5.75 Å². The summed E-state index contributed by atoms with van der Waals surface area (Å²) in [7, 11) is 0. The van der Waals surface area contributed by atoms with E-state index in [1.54, 1.807) is 6.07 Å². The molecule has 2 heterocycles. The Morgan fingerprint density at radius 3 is 2.83 bits per heavy atom. The molecule has 1 aromatic carbocycles. The average Bonchev–Trinajstić information content (AvgIpc) is 3.26. The van der Waals surface area contributed by atoms with E-state index in [0.29, 0.717) is 24.1 Å². The molecule has 3 aliphatic rings. The fraction of sp³-hybridized carbons (Fsp3) is 0.632. The first-order chi connectivity index (χ1) is 11.7. The maximum Gasteiger partial charge on any atom is 0.236 e. The number of carbonyl (C=O) groups excluding carboxylic acids is 1.